The number of aliphatic hydroxyl groups excluding tert-OH is 2. The van der Waals surface area contributed by atoms with E-state index in [9.17, 15) is 39.6 Å². The van der Waals surface area contributed by atoms with Crippen LogP contribution >= 0.6 is 0 Å². The number of aromatic hydroxyl groups is 1. The summed E-state index contributed by atoms with van der Waals surface area (Å²) in [5.74, 6) is -4.05. The number of aliphatic hydroxyl groups is 2. The number of aromatic amines is 1. The van der Waals surface area contributed by atoms with Crippen LogP contribution in [0.3, 0.4) is 0 Å². The number of phenols is 1. The Labute approximate surface area is 229 Å². The molecule has 3 aromatic rings. The van der Waals surface area contributed by atoms with Gasteiger partial charge < -0.3 is 47.1 Å². The molecule has 0 radical (unpaired) electrons. The number of hydrogen-bond donors (Lipinski definition) is 9. The molecule has 0 aliphatic heterocycles. The molecule has 10 N–H and O–H groups in total. The van der Waals surface area contributed by atoms with Gasteiger partial charge in [0.25, 0.3) is 0 Å². The Morgan fingerprint density at radius 2 is 1.52 bits per heavy atom. The van der Waals surface area contributed by atoms with Gasteiger partial charge in [0.15, 0.2) is 6.04 Å². The van der Waals surface area contributed by atoms with Crippen molar-refractivity contribution in [1.82, 2.24) is 20.9 Å². The number of carboxylic acids is 1. The molecule has 5 unspecified atom stereocenters. The van der Waals surface area contributed by atoms with E-state index < -0.39 is 60.6 Å². The monoisotopic (exact) mass is 555 g/mol. The number of carbonyl (C=O) groups excluding carboxylic acids is 3. The second kappa shape index (κ2) is 13.6. The molecule has 3 rings (SSSR count). The molecule has 3 amide bonds. The van der Waals surface area contributed by atoms with E-state index in [0.717, 1.165) is 23.4 Å². The first-order valence-electron chi connectivity index (χ1n) is 12.5. The molecule has 0 fully saturated rings. The van der Waals surface area contributed by atoms with E-state index in [2.05, 4.69) is 20.9 Å². The van der Waals surface area contributed by atoms with Crippen LogP contribution in [0, 0.1) is 0 Å². The number of aliphatic carboxylic acids is 1. The number of rotatable bonds is 13. The molecule has 1 heterocycles. The molecule has 13 heteroatoms. The van der Waals surface area contributed by atoms with Crippen molar-refractivity contribution in [2.75, 3.05) is 6.61 Å². The maximum atomic E-state index is 13.2. The van der Waals surface area contributed by atoms with Gasteiger partial charge in [-0.25, -0.2) is 4.79 Å². The smallest absolute Gasteiger partial charge is 0.328 e. The van der Waals surface area contributed by atoms with Gasteiger partial charge in [0.2, 0.25) is 17.7 Å². The Bertz CT molecular complexity index is 1340. The van der Waals surface area contributed by atoms with Crippen LogP contribution in [0.5, 0.6) is 5.75 Å². The third kappa shape index (κ3) is 7.79. The standard InChI is InChI=1S/C27H33N5O8/c1-14(34)23(27(39)40)32-26(38)22(13-33)31-25(37)21(10-15-6-8-17(35)9-7-15)30-24(36)19(28)11-16-12-29-20-5-3-2-4-18(16)20/h2-9,12,14,19,21-23,29,33-35H,10-11,13,28H2,1H3,(H,30,36)(H,31,37)(H,32,38)(H,39,40). The van der Waals surface area contributed by atoms with Crippen LogP contribution in [0.1, 0.15) is 18.1 Å². The molecule has 5 atom stereocenters. The zero-order valence-electron chi connectivity index (χ0n) is 21.7. The predicted molar refractivity (Wildman–Crippen MR) is 144 cm³/mol. The largest absolute Gasteiger partial charge is 0.508 e. The fourth-order valence-electron chi connectivity index (χ4n) is 4.09. The van der Waals surface area contributed by atoms with E-state index in [0.29, 0.717) is 5.56 Å². The summed E-state index contributed by atoms with van der Waals surface area (Å²) >= 11 is 0. The Kier molecular flexibility index (Phi) is 10.2. The van der Waals surface area contributed by atoms with Crippen molar-refractivity contribution in [2.24, 2.45) is 5.73 Å². The number of hydrogen-bond acceptors (Lipinski definition) is 8. The van der Waals surface area contributed by atoms with Crippen LogP contribution in [0.2, 0.25) is 0 Å². The second-order valence-electron chi connectivity index (χ2n) is 9.41. The van der Waals surface area contributed by atoms with E-state index in [4.69, 9.17) is 5.73 Å². The predicted octanol–water partition coefficient (Wildman–Crippen LogP) is -1.10. The van der Waals surface area contributed by atoms with E-state index in [1.807, 2.05) is 24.3 Å². The fraction of sp³-hybridized carbons (Fsp3) is 0.333. The number of para-hydroxylation sites is 1. The highest BCUT2D eigenvalue weighted by Gasteiger charge is 2.32. The molecule has 0 saturated heterocycles. The Morgan fingerprint density at radius 3 is 2.15 bits per heavy atom. The van der Waals surface area contributed by atoms with Crippen molar-refractivity contribution in [3.05, 3.63) is 65.9 Å². The minimum absolute atomic E-state index is 0.00218. The molecule has 1 aromatic heterocycles. The first-order valence-corrected chi connectivity index (χ1v) is 12.5. The maximum absolute atomic E-state index is 13.2. The number of carbonyl (C=O) groups is 4. The number of amides is 3. The lowest BCUT2D eigenvalue weighted by atomic mass is 10.0. The highest BCUT2D eigenvalue weighted by Crippen LogP contribution is 2.19. The van der Waals surface area contributed by atoms with Gasteiger partial charge in [0, 0.05) is 23.5 Å². The highest BCUT2D eigenvalue weighted by molar-refractivity contribution is 5.94. The number of nitrogens with two attached hydrogens (primary N) is 1. The summed E-state index contributed by atoms with van der Waals surface area (Å²) in [5.41, 5.74) is 8.42. The summed E-state index contributed by atoms with van der Waals surface area (Å²) in [6.07, 6.45) is 0.418. The molecule has 0 spiro atoms. The van der Waals surface area contributed by atoms with Gasteiger partial charge in [-0.2, -0.15) is 0 Å². The fourth-order valence-corrected chi connectivity index (χ4v) is 4.09. The van der Waals surface area contributed by atoms with Gasteiger partial charge in [-0.3, -0.25) is 14.4 Å². The Balaban J connectivity index is 1.75. The molecule has 2 aromatic carbocycles. The number of benzene rings is 2. The zero-order valence-corrected chi connectivity index (χ0v) is 21.7. The summed E-state index contributed by atoms with van der Waals surface area (Å²) in [7, 11) is 0. The van der Waals surface area contributed by atoms with E-state index >= 15 is 0 Å². The van der Waals surface area contributed by atoms with Crippen LogP contribution in [0.4, 0.5) is 0 Å². The van der Waals surface area contributed by atoms with Gasteiger partial charge in [-0.05, 0) is 42.7 Å². The summed E-state index contributed by atoms with van der Waals surface area (Å²) in [5, 5.41) is 46.0. The van der Waals surface area contributed by atoms with Crippen molar-refractivity contribution in [3.8, 4) is 5.75 Å². The lowest BCUT2D eigenvalue weighted by molar-refractivity contribution is -0.145. The molecule has 0 aliphatic carbocycles. The van der Waals surface area contributed by atoms with Crippen molar-refractivity contribution < 1.29 is 39.6 Å². The molecular formula is C27H33N5O8. The van der Waals surface area contributed by atoms with E-state index in [1.54, 1.807) is 18.3 Å². The SMILES string of the molecule is CC(O)C(NC(=O)C(CO)NC(=O)C(Cc1ccc(O)cc1)NC(=O)C(N)Cc1c[nH]c2ccccc12)C(=O)O. The number of phenolic OH excluding ortho intramolecular Hbond substituents is 1. The normalized spacial score (nSPS) is 14.9. The minimum atomic E-state index is -1.67. The molecule has 40 heavy (non-hydrogen) atoms. The number of nitrogens with one attached hydrogen (secondary N) is 4. The van der Waals surface area contributed by atoms with Gasteiger partial charge in [-0.15, -0.1) is 0 Å². The van der Waals surface area contributed by atoms with Crippen LogP contribution in [-0.2, 0) is 32.0 Å². The van der Waals surface area contributed by atoms with Gasteiger partial charge in [-0.1, -0.05) is 30.3 Å². The summed E-state index contributed by atoms with van der Waals surface area (Å²) in [6, 6.07) is 7.87. The zero-order chi connectivity index (χ0) is 29.4. The van der Waals surface area contributed by atoms with E-state index in [-0.39, 0.29) is 18.6 Å². The second-order valence-corrected chi connectivity index (χ2v) is 9.41. The average Bonchev–Trinajstić information content (AvgIpc) is 3.33. The molecule has 13 nitrogen and oxygen atoms in total. The first-order chi connectivity index (χ1) is 19.0. The van der Waals surface area contributed by atoms with Gasteiger partial charge in [0.1, 0.15) is 17.8 Å². The lowest BCUT2D eigenvalue weighted by Gasteiger charge is -2.25. The van der Waals surface area contributed by atoms with Crippen molar-refractivity contribution >= 4 is 34.6 Å². The van der Waals surface area contributed by atoms with Crippen LogP contribution in [-0.4, -0.2) is 86.0 Å². The summed E-state index contributed by atoms with van der Waals surface area (Å²) < 4.78 is 0. The number of aromatic nitrogens is 1. The minimum Gasteiger partial charge on any atom is -0.508 e. The molecule has 0 saturated carbocycles. The quantitative estimate of drug-likeness (QED) is 0.124. The van der Waals surface area contributed by atoms with Crippen LogP contribution in [0.25, 0.3) is 10.9 Å². The van der Waals surface area contributed by atoms with Crippen LogP contribution in [0.15, 0.2) is 54.7 Å². The van der Waals surface area contributed by atoms with Gasteiger partial charge in [0.05, 0.1) is 18.8 Å². The van der Waals surface area contributed by atoms with E-state index in [1.165, 1.54) is 12.1 Å². The maximum Gasteiger partial charge on any atom is 0.328 e. The van der Waals surface area contributed by atoms with Crippen molar-refractivity contribution in [3.63, 3.8) is 0 Å². The lowest BCUT2D eigenvalue weighted by Crippen LogP contribution is -2.59. The average molecular weight is 556 g/mol. The first kappa shape index (κ1) is 30.1. The van der Waals surface area contributed by atoms with Crippen molar-refractivity contribution in [1.29, 1.82) is 0 Å². The topological polar surface area (TPSA) is 227 Å². The van der Waals surface area contributed by atoms with Crippen molar-refractivity contribution in [2.45, 2.75) is 50.0 Å². The number of fused-ring (bicyclic) bond motifs is 1. The molecule has 0 bridgehead atoms. The Morgan fingerprint density at radius 1 is 0.900 bits per heavy atom. The Hall–Kier alpha value is -4.46. The third-order valence-corrected chi connectivity index (χ3v) is 6.32. The summed E-state index contributed by atoms with van der Waals surface area (Å²) in [4.78, 5) is 53.3. The highest BCUT2D eigenvalue weighted by atomic mass is 16.4. The third-order valence-electron chi connectivity index (χ3n) is 6.32. The molecule has 214 valence electrons. The molecular weight excluding hydrogens is 522 g/mol. The number of H-pyrrole nitrogens is 1. The summed E-state index contributed by atoms with van der Waals surface area (Å²) in [6.45, 7) is 0.276. The van der Waals surface area contributed by atoms with Gasteiger partial charge >= 0.3 is 5.97 Å². The van der Waals surface area contributed by atoms with Crippen LogP contribution < -0.4 is 21.7 Å². The number of carboxylic acid groups (broad SMARTS) is 1. The molecule has 0 aliphatic rings.